The molecule has 9 heteroatoms. The molecule has 0 unspecified atom stereocenters. The first-order valence-electron chi connectivity index (χ1n) is 8.62. The van der Waals surface area contributed by atoms with Crippen molar-refractivity contribution in [2.24, 2.45) is 5.73 Å². The molecule has 0 aromatic carbocycles. The first-order chi connectivity index (χ1) is 12.5. The molecule has 0 spiro atoms. The molecule has 0 radical (unpaired) electrons. The van der Waals surface area contributed by atoms with Crippen molar-refractivity contribution < 1.29 is 24.0 Å². The van der Waals surface area contributed by atoms with Gasteiger partial charge < -0.3 is 25.5 Å². The van der Waals surface area contributed by atoms with Crippen LogP contribution in [0.4, 0.5) is 0 Å². The first kappa shape index (κ1) is 20.8. The van der Waals surface area contributed by atoms with Crippen molar-refractivity contribution in [3.05, 3.63) is 34.0 Å². The minimum Gasteiger partial charge on any atom is -0.426 e. The number of carbonyl (C=O) groups is 2. The number of ether oxygens (including phenoxy) is 1. The van der Waals surface area contributed by atoms with Crippen LogP contribution in [-0.4, -0.2) is 49.0 Å². The van der Waals surface area contributed by atoms with Gasteiger partial charge in [-0.15, -0.1) is 11.3 Å². The molecule has 4 N–H and O–H groups in total. The lowest BCUT2D eigenvalue weighted by molar-refractivity contribution is -0.121. The second kappa shape index (κ2) is 10.6. The van der Waals surface area contributed by atoms with Gasteiger partial charge in [0.05, 0.1) is 31.7 Å². The van der Waals surface area contributed by atoms with Crippen LogP contribution < -0.4 is 11.1 Å². The molecule has 2 rings (SSSR count). The Labute approximate surface area is 157 Å². The van der Waals surface area contributed by atoms with E-state index in [4.69, 9.17) is 15.1 Å². The predicted molar refractivity (Wildman–Crippen MR) is 101 cm³/mol. The van der Waals surface area contributed by atoms with Crippen LogP contribution in [0.1, 0.15) is 29.5 Å². The smallest absolute Gasteiger partial charge is 0.426 e. The highest BCUT2D eigenvalue weighted by atomic mass is 32.1. The number of thiophene rings is 1. The van der Waals surface area contributed by atoms with Crippen molar-refractivity contribution in [3.8, 4) is 0 Å². The number of hydrogen-bond donors (Lipinski definition) is 3. The highest BCUT2D eigenvalue weighted by Gasteiger charge is 2.32. The van der Waals surface area contributed by atoms with Crippen LogP contribution in [0.2, 0.25) is 0 Å². The number of Topliss-reactive ketones (excluding diaryl/α,β-unsaturated/α-hetero) is 1. The van der Waals surface area contributed by atoms with Gasteiger partial charge in [-0.05, 0) is 25.5 Å². The quantitative estimate of drug-likeness (QED) is 0.329. The molecule has 2 heterocycles. The van der Waals surface area contributed by atoms with E-state index in [0.29, 0.717) is 26.2 Å². The van der Waals surface area contributed by atoms with E-state index in [1.165, 1.54) is 18.3 Å². The van der Waals surface area contributed by atoms with E-state index < -0.39 is 19.2 Å². The Morgan fingerprint density at radius 2 is 2.23 bits per heavy atom. The van der Waals surface area contributed by atoms with Gasteiger partial charge in [-0.3, -0.25) is 9.59 Å². The van der Waals surface area contributed by atoms with Crippen LogP contribution in [0, 0.1) is 0 Å². The molecule has 1 aliphatic rings. The first-order valence-corrected chi connectivity index (χ1v) is 9.44. The molecule has 1 amide bonds. The van der Waals surface area contributed by atoms with Gasteiger partial charge in [-0.25, -0.2) is 0 Å². The van der Waals surface area contributed by atoms with Gasteiger partial charge in [0.15, 0.2) is 0 Å². The van der Waals surface area contributed by atoms with Gasteiger partial charge in [-0.1, -0.05) is 12.2 Å². The summed E-state index contributed by atoms with van der Waals surface area (Å²) < 4.78 is 10.8. The fraction of sp³-hybridized carbons (Fsp3) is 0.529. The highest BCUT2D eigenvalue weighted by Crippen LogP contribution is 2.18. The summed E-state index contributed by atoms with van der Waals surface area (Å²) in [6.45, 7) is 2.95. The summed E-state index contributed by atoms with van der Waals surface area (Å²) in [5, 5.41) is 13.0. The molecule has 0 saturated carbocycles. The van der Waals surface area contributed by atoms with Crippen molar-refractivity contribution >= 4 is 30.1 Å². The van der Waals surface area contributed by atoms with Crippen molar-refractivity contribution in [2.45, 2.75) is 44.8 Å². The molecule has 1 aliphatic heterocycles. The minimum absolute atomic E-state index is 0.0155. The monoisotopic (exact) mass is 380 g/mol. The lowest BCUT2D eigenvalue weighted by Gasteiger charge is -2.20. The lowest BCUT2D eigenvalue weighted by Crippen LogP contribution is -2.48. The van der Waals surface area contributed by atoms with Crippen LogP contribution in [-0.2, 0) is 32.0 Å². The van der Waals surface area contributed by atoms with Gasteiger partial charge >= 0.3 is 7.12 Å². The number of nitrogens with two attached hydrogens (primary N) is 1. The number of ketones is 1. The maximum absolute atomic E-state index is 12.3. The third-order valence-corrected chi connectivity index (χ3v) is 4.85. The highest BCUT2D eigenvalue weighted by molar-refractivity contribution is 7.12. The van der Waals surface area contributed by atoms with E-state index in [1.54, 1.807) is 6.08 Å². The summed E-state index contributed by atoms with van der Waals surface area (Å²) in [5.41, 5.74) is 5.38. The number of rotatable bonds is 9. The third kappa shape index (κ3) is 7.01. The molecular weight excluding hydrogens is 355 g/mol. The van der Waals surface area contributed by atoms with Gasteiger partial charge in [0.25, 0.3) is 0 Å². The molecule has 0 bridgehead atoms. The normalized spacial score (nSPS) is 20.0. The van der Waals surface area contributed by atoms with Crippen molar-refractivity contribution in [3.63, 3.8) is 0 Å². The fourth-order valence-corrected chi connectivity index (χ4v) is 3.56. The summed E-state index contributed by atoms with van der Waals surface area (Å²) in [6.07, 6.45) is 4.00. The van der Waals surface area contributed by atoms with Crippen LogP contribution in [0.25, 0.3) is 0 Å². The maximum Gasteiger partial charge on any atom is 0.478 e. The average Bonchev–Trinajstić information content (AvgIpc) is 2.93. The molecule has 0 fully saturated rings. The molecule has 2 atom stereocenters. The number of amides is 1. The Balaban J connectivity index is 1.82. The van der Waals surface area contributed by atoms with Crippen molar-refractivity contribution in [2.75, 3.05) is 13.2 Å². The Morgan fingerprint density at radius 3 is 2.96 bits per heavy atom. The zero-order valence-electron chi connectivity index (χ0n) is 14.8. The Kier molecular flexibility index (Phi) is 8.47. The number of hydrogen-bond acceptors (Lipinski definition) is 7. The van der Waals surface area contributed by atoms with Gasteiger partial charge in [0.2, 0.25) is 5.91 Å². The maximum atomic E-state index is 12.3. The Bertz CT molecular complexity index is 636. The minimum atomic E-state index is -1.15. The summed E-state index contributed by atoms with van der Waals surface area (Å²) in [6, 6.07) is 3.83. The van der Waals surface area contributed by atoms with Crippen LogP contribution in [0.15, 0.2) is 24.3 Å². The van der Waals surface area contributed by atoms with E-state index in [-0.39, 0.29) is 24.5 Å². The fourth-order valence-electron chi connectivity index (χ4n) is 2.61. The molecule has 7 nitrogen and oxygen atoms in total. The van der Waals surface area contributed by atoms with E-state index in [1.807, 2.05) is 18.2 Å². The largest absolute Gasteiger partial charge is 0.478 e. The summed E-state index contributed by atoms with van der Waals surface area (Å²) in [5.74, 6) is -0.742. The summed E-state index contributed by atoms with van der Waals surface area (Å²) in [7, 11) is -1.15. The molecule has 1 aromatic heterocycles. The lowest BCUT2D eigenvalue weighted by atomic mass is 9.77. The van der Waals surface area contributed by atoms with Crippen LogP contribution in [0.3, 0.4) is 0 Å². The Morgan fingerprint density at radius 1 is 1.46 bits per heavy atom. The molecule has 26 heavy (non-hydrogen) atoms. The molecular formula is C17H25BN2O5S. The van der Waals surface area contributed by atoms with E-state index >= 15 is 0 Å². The van der Waals surface area contributed by atoms with Crippen LogP contribution >= 0.6 is 11.3 Å². The molecule has 0 aliphatic carbocycles. The number of carbonyl (C=O) groups excluding carboxylic acids is 2. The zero-order chi connectivity index (χ0) is 18.9. The second-order valence-corrected chi connectivity index (χ2v) is 7.45. The molecule has 0 saturated heterocycles. The topological polar surface area (TPSA) is 111 Å². The van der Waals surface area contributed by atoms with Crippen molar-refractivity contribution in [1.82, 2.24) is 5.32 Å². The van der Waals surface area contributed by atoms with Gasteiger partial charge in [-0.2, -0.15) is 0 Å². The summed E-state index contributed by atoms with van der Waals surface area (Å²) in [4.78, 5) is 25.4. The molecule has 142 valence electrons. The summed E-state index contributed by atoms with van der Waals surface area (Å²) >= 11 is 1.51. The second-order valence-electron chi connectivity index (χ2n) is 6.20. The molecule has 1 aromatic rings. The Hall–Kier alpha value is -1.52. The van der Waals surface area contributed by atoms with Crippen LogP contribution in [0.5, 0.6) is 0 Å². The predicted octanol–water partition coefficient (Wildman–Crippen LogP) is 0.595. The van der Waals surface area contributed by atoms with E-state index in [2.05, 4.69) is 5.32 Å². The van der Waals surface area contributed by atoms with Crippen molar-refractivity contribution in [1.29, 1.82) is 0 Å². The SMILES string of the molecule is CC(=O)C[C@H]1C=CC[C@H](NC(=O)Cc2ccc(COCCN)s2)B(O)O1. The van der Waals surface area contributed by atoms with E-state index in [0.717, 1.165) is 9.75 Å². The number of nitrogens with one attached hydrogen (secondary N) is 1. The van der Waals surface area contributed by atoms with Gasteiger partial charge in [0.1, 0.15) is 5.78 Å². The average molecular weight is 380 g/mol. The standard InChI is InChI=1S/C17H25BN2O5S/c1-12(21)9-13-3-2-4-16(18(23)25-13)20-17(22)10-14-5-6-15(26-14)11-24-8-7-19/h2-3,5-6,13,16,23H,4,7-11,19H2,1H3,(H,20,22)/t13-,16+/m1/s1. The van der Waals surface area contributed by atoms with Gasteiger partial charge in [0, 0.05) is 22.7 Å². The zero-order valence-corrected chi connectivity index (χ0v) is 15.7. The van der Waals surface area contributed by atoms with E-state index in [9.17, 15) is 14.6 Å². The third-order valence-electron chi connectivity index (χ3n) is 3.79.